The summed E-state index contributed by atoms with van der Waals surface area (Å²) in [6.45, 7) is 1.91. The topological polar surface area (TPSA) is 112 Å². The predicted octanol–water partition coefficient (Wildman–Crippen LogP) is -0.596. The minimum Gasteiger partial charge on any atom is -0.391 e. The standard InChI is InChI=1S/C18H28N6O3/c1-19-17(26)15-8-13(25)9-23(15)18(27)16(12-4-6-20-7-5-12)24-10-14(21-22-24)11-2-3-11/h10-13,15-16,20,25H,2-9H2,1H3,(H,19,26)/t13-,15+,16?/m1/s1. The van der Waals surface area contributed by atoms with Gasteiger partial charge in [-0.3, -0.25) is 9.59 Å². The Bertz CT molecular complexity index is 697. The molecule has 1 saturated carbocycles. The Kier molecular flexibility index (Phi) is 5.14. The largest absolute Gasteiger partial charge is 0.391 e. The Morgan fingerprint density at radius 1 is 1.30 bits per heavy atom. The van der Waals surface area contributed by atoms with Gasteiger partial charge in [0.2, 0.25) is 11.8 Å². The first-order valence-corrected chi connectivity index (χ1v) is 9.91. The van der Waals surface area contributed by atoms with Crippen LogP contribution in [0.2, 0.25) is 0 Å². The van der Waals surface area contributed by atoms with Gasteiger partial charge in [0.15, 0.2) is 0 Å². The van der Waals surface area contributed by atoms with E-state index >= 15 is 0 Å². The van der Waals surface area contributed by atoms with Crippen LogP contribution in [0.4, 0.5) is 0 Å². The number of rotatable bonds is 5. The van der Waals surface area contributed by atoms with E-state index in [9.17, 15) is 14.7 Å². The lowest BCUT2D eigenvalue weighted by Gasteiger charge is -2.34. The first-order chi connectivity index (χ1) is 13.1. The van der Waals surface area contributed by atoms with Gasteiger partial charge < -0.3 is 20.6 Å². The van der Waals surface area contributed by atoms with Crippen molar-refractivity contribution < 1.29 is 14.7 Å². The monoisotopic (exact) mass is 376 g/mol. The number of likely N-dealkylation sites (N-methyl/N-ethyl adjacent to an activating group) is 1. The number of carbonyl (C=O) groups excluding carboxylic acids is 2. The van der Waals surface area contributed by atoms with Crippen molar-refractivity contribution >= 4 is 11.8 Å². The second-order valence-corrected chi connectivity index (χ2v) is 7.94. The number of aromatic nitrogens is 3. The number of aliphatic hydroxyl groups excluding tert-OH is 1. The van der Waals surface area contributed by atoms with Crippen LogP contribution in [0.5, 0.6) is 0 Å². The molecule has 0 bridgehead atoms. The summed E-state index contributed by atoms with van der Waals surface area (Å²) in [4.78, 5) is 27.3. The van der Waals surface area contributed by atoms with Gasteiger partial charge in [0.05, 0.1) is 11.8 Å². The molecular weight excluding hydrogens is 348 g/mol. The van der Waals surface area contributed by atoms with Crippen LogP contribution in [-0.2, 0) is 9.59 Å². The molecule has 0 radical (unpaired) electrons. The van der Waals surface area contributed by atoms with E-state index in [1.165, 1.54) is 4.90 Å². The van der Waals surface area contributed by atoms with Crippen molar-refractivity contribution in [1.29, 1.82) is 0 Å². The average Bonchev–Trinajstić information content (AvgIpc) is 3.30. The second kappa shape index (κ2) is 7.55. The number of carbonyl (C=O) groups is 2. The summed E-state index contributed by atoms with van der Waals surface area (Å²) in [7, 11) is 1.55. The first-order valence-electron chi connectivity index (χ1n) is 9.91. The van der Waals surface area contributed by atoms with Gasteiger partial charge in [-0.15, -0.1) is 5.10 Å². The maximum absolute atomic E-state index is 13.5. The summed E-state index contributed by atoms with van der Waals surface area (Å²) in [6, 6.07) is -1.11. The second-order valence-electron chi connectivity index (χ2n) is 7.94. The van der Waals surface area contributed by atoms with Gasteiger partial charge in [-0.05, 0) is 44.7 Å². The molecule has 2 aliphatic heterocycles. The van der Waals surface area contributed by atoms with Crippen molar-refractivity contribution in [1.82, 2.24) is 30.5 Å². The summed E-state index contributed by atoms with van der Waals surface area (Å²) in [5, 5.41) is 24.6. The van der Waals surface area contributed by atoms with E-state index in [1.54, 1.807) is 11.7 Å². The maximum atomic E-state index is 13.5. The quantitative estimate of drug-likeness (QED) is 0.633. The number of hydrogen-bond donors (Lipinski definition) is 3. The maximum Gasteiger partial charge on any atom is 0.248 e. The van der Waals surface area contributed by atoms with Gasteiger partial charge in [0, 0.05) is 32.1 Å². The third-order valence-electron chi connectivity index (χ3n) is 6.00. The highest BCUT2D eigenvalue weighted by molar-refractivity contribution is 5.90. The molecule has 3 fully saturated rings. The Labute approximate surface area is 158 Å². The van der Waals surface area contributed by atoms with Crippen LogP contribution in [0.15, 0.2) is 6.20 Å². The molecule has 3 atom stereocenters. The third-order valence-corrected chi connectivity index (χ3v) is 6.00. The number of aliphatic hydroxyl groups is 1. The Morgan fingerprint density at radius 2 is 2.04 bits per heavy atom. The van der Waals surface area contributed by atoms with Crippen LogP contribution in [0.25, 0.3) is 0 Å². The molecule has 2 amide bonds. The van der Waals surface area contributed by atoms with Crippen molar-refractivity contribution in [3.63, 3.8) is 0 Å². The summed E-state index contributed by atoms with van der Waals surface area (Å²) < 4.78 is 1.71. The SMILES string of the molecule is CNC(=O)[C@@H]1C[C@@H](O)CN1C(=O)C(C1CCNCC1)n1cc(C2CC2)nn1. The normalized spacial score (nSPS) is 27.6. The Hall–Kier alpha value is -2.00. The van der Waals surface area contributed by atoms with Crippen molar-refractivity contribution in [3.05, 3.63) is 11.9 Å². The Morgan fingerprint density at radius 3 is 2.70 bits per heavy atom. The molecule has 0 spiro atoms. The van der Waals surface area contributed by atoms with E-state index in [0.29, 0.717) is 5.92 Å². The minimum absolute atomic E-state index is 0.135. The highest BCUT2D eigenvalue weighted by Crippen LogP contribution is 2.39. The van der Waals surface area contributed by atoms with Crippen LogP contribution < -0.4 is 10.6 Å². The molecule has 9 heteroatoms. The molecule has 1 aromatic heterocycles. The highest BCUT2D eigenvalue weighted by Gasteiger charge is 2.44. The van der Waals surface area contributed by atoms with E-state index in [1.807, 2.05) is 6.20 Å². The van der Waals surface area contributed by atoms with E-state index < -0.39 is 18.2 Å². The van der Waals surface area contributed by atoms with Crippen LogP contribution in [0.1, 0.15) is 49.8 Å². The fourth-order valence-electron chi connectivity index (χ4n) is 4.33. The first kappa shape index (κ1) is 18.4. The molecule has 27 heavy (non-hydrogen) atoms. The number of β-amino-alcohol motifs (C(OH)–C–C–N with tert-alkyl or cyclic N) is 1. The smallest absolute Gasteiger partial charge is 0.248 e. The number of nitrogens with one attached hydrogen (secondary N) is 2. The molecule has 9 nitrogen and oxygen atoms in total. The molecule has 0 aromatic carbocycles. The molecule has 3 heterocycles. The lowest BCUT2D eigenvalue weighted by molar-refractivity contribution is -0.143. The number of amides is 2. The summed E-state index contributed by atoms with van der Waals surface area (Å²) in [5.74, 6) is 0.228. The fourth-order valence-corrected chi connectivity index (χ4v) is 4.33. The number of likely N-dealkylation sites (tertiary alicyclic amines) is 1. The lowest BCUT2D eigenvalue weighted by atomic mass is 9.89. The van der Waals surface area contributed by atoms with Crippen LogP contribution >= 0.6 is 0 Å². The molecule has 1 aliphatic carbocycles. The zero-order chi connectivity index (χ0) is 19.0. The van der Waals surface area contributed by atoms with Crippen LogP contribution in [-0.4, -0.2) is 75.6 Å². The van der Waals surface area contributed by atoms with Gasteiger partial charge in [-0.2, -0.15) is 0 Å². The van der Waals surface area contributed by atoms with Gasteiger partial charge in [0.1, 0.15) is 12.1 Å². The molecule has 4 rings (SSSR count). The number of hydrogen-bond acceptors (Lipinski definition) is 6. The summed E-state index contributed by atoms with van der Waals surface area (Å²) in [5.41, 5.74) is 0.950. The molecule has 2 saturated heterocycles. The van der Waals surface area contributed by atoms with Crippen molar-refractivity contribution in [2.45, 2.75) is 56.2 Å². The molecule has 1 aromatic rings. The van der Waals surface area contributed by atoms with Crippen molar-refractivity contribution in [2.75, 3.05) is 26.7 Å². The predicted molar refractivity (Wildman–Crippen MR) is 96.8 cm³/mol. The minimum atomic E-state index is -0.678. The third kappa shape index (κ3) is 3.70. The van der Waals surface area contributed by atoms with E-state index in [0.717, 1.165) is 44.5 Å². The molecule has 3 aliphatic rings. The highest BCUT2D eigenvalue weighted by atomic mass is 16.3. The van der Waals surface area contributed by atoms with Crippen LogP contribution in [0.3, 0.4) is 0 Å². The van der Waals surface area contributed by atoms with Gasteiger partial charge in [-0.25, -0.2) is 4.68 Å². The van der Waals surface area contributed by atoms with Crippen molar-refractivity contribution in [3.8, 4) is 0 Å². The molecule has 1 unspecified atom stereocenters. The van der Waals surface area contributed by atoms with E-state index in [4.69, 9.17) is 0 Å². The lowest BCUT2D eigenvalue weighted by Crippen LogP contribution is -2.49. The van der Waals surface area contributed by atoms with Gasteiger partial charge in [0.25, 0.3) is 0 Å². The van der Waals surface area contributed by atoms with E-state index in [-0.39, 0.29) is 30.7 Å². The summed E-state index contributed by atoms with van der Waals surface area (Å²) in [6.07, 6.45) is 5.50. The zero-order valence-electron chi connectivity index (χ0n) is 15.7. The molecular formula is C18H28N6O3. The zero-order valence-corrected chi connectivity index (χ0v) is 15.7. The number of nitrogens with zero attached hydrogens (tertiary/aromatic N) is 4. The average molecular weight is 376 g/mol. The van der Waals surface area contributed by atoms with Crippen molar-refractivity contribution in [2.24, 2.45) is 5.92 Å². The number of piperidine rings is 1. The Balaban J connectivity index is 1.62. The molecule has 148 valence electrons. The van der Waals surface area contributed by atoms with E-state index in [2.05, 4.69) is 20.9 Å². The van der Waals surface area contributed by atoms with Crippen LogP contribution in [0, 0.1) is 5.92 Å². The summed E-state index contributed by atoms with van der Waals surface area (Å²) >= 11 is 0. The van der Waals surface area contributed by atoms with Gasteiger partial charge >= 0.3 is 0 Å². The molecule has 3 N–H and O–H groups in total. The fraction of sp³-hybridized carbons (Fsp3) is 0.778. The van der Waals surface area contributed by atoms with Gasteiger partial charge in [-0.1, -0.05) is 5.21 Å².